The van der Waals surface area contributed by atoms with Crippen molar-refractivity contribution >= 4 is 11.9 Å². The van der Waals surface area contributed by atoms with Crippen LogP contribution in [-0.4, -0.2) is 18.0 Å². The summed E-state index contributed by atoms with van der Waals surface area (Å²) in [6.07, 6.45) is 2.40. The minimum absolute atomic E-state index is 0.214. The number of hydrogen-bond acceptors (Lipinski definition) is 3. The molecule has 0 bridgehead atoms. The molecule has 0 spiro atoms. The molecule has 0 unspecified atom stereocenters. The fraction of sp³-hybridized carbons (Fsp3) is 0.500. The van der Waals surface area contributed by atoms with E-state index in [0.717, 1.165) is 0 Å². The van der Waals surface area contributed by atoms with Crippen LogP contribution in [0.3, 0.4) is 0 Å². The lowest BCUT2D eigenvalue weighted by atomic mass is 10.1. The molecule has 1 saturated heterocycles. The molecule has 66 valence electrons. The fourth-order valence-electron chi connectivity index (χ4n) is 1.03. The number of primary amides is 1. The molecule has 4 nitrogen and oxygen atoms in total. The molecule has 1 aliphatic rings. The number of carbonyl (C=O) groups is 2. The van der Waals surface area contributed by atoms with Gasteiger partial charge in [-0.2, -0.15) is 0 Å². The van der Waals surface area contributed by atoms with Crippen molar-refractivity contribution in [3.05, 3.63) is 11.6 Å². The first-order valence-electron chi connectivity index (χ1n) is 3.77. The summed E-state index contributed by atoms with van der Waals surface area (Å²) in [5.41, 5.74) is 5.44. The normalized spacial score (nSPS) is 23.9. The van der Waals surface area contributed by atoms with Gasteiger partial charge in [0.25, 0.3) is 0 Å². The predicted molar refractivity (Wildman–Crippen MR) is 42.1 cm³/mol. The Labute approximate surface area is 70.4 Å². The van der Waals surface area contributed by atoms with Crippen LogP contribution >= 0.6 is 0 Å². The van der Waals surface area contributed by atoms with E-state index in [9.17, 15) is 9.59 Å². The molecular weight excluding hydrogens is 158 g/mol. The van der Waals surface area contributed by atoms with Crippen molar-refractivity contribution in [1.82, 2.24) is 0 Å². The highest BCUT2D eigenvalue weighted by Gasteiger charge is 2.21. The van der Waals surface area contributed by atoms with Gasteiger partial charge in [-0.25, -0.2) is 0 Å². The van der Waals surface area contributed by atoms with Crippen molar-refractivity contribution in [2.24, 2.45) is 5.73 Å². The molecule has 0 aliphatic carbocycles. The average Bonchev–Trinajstić information content (AvgIpc) is 2.35. The zero-order valence-corrected chi connectivity index (χ0v) is 6.87. The van der Waals surface area contributed by atoms with E-state index >= 15 is 0 Å². The lowest BCUT2D eigenvalue weighted by Crippen LogP contribution is -2.14. The van der Waals surface area contributed by atoms with Gasteiger partial charge < -0.3 is 10.5 Å². The van der Waals surface area contributed by atoms with Crippen molar-refractivity contribution in [2.45, 2.75) is 25.9 Å². The van der Waals surface area contributed by atoms with Gasteiger partial charge in [0.1, 0.15) is 6.10 Å². The maximum atomic E-state index is 10.6. The number of ether oxygens (including phenoxy) is 1. The van der Waals surface area contributed by atoms with E-state index in [1.165, 1.54) is 0 Å². The molecule has 2 N–H and O–H groups in total. The SMILES string of the molecule is CC(=C[C@H]1CCC(=O)O1)C(N)=O. The second-order valence-corrected chi connectivity index (χ2v) is 2.78. The average molecular weight is 169 g/mol. The van der Waals surface area contributed by atoms with Crippen LogP contribution in [0.1, 0.15) is 19.8 Å². The Morgan fingerprint density at radius 2 is 2.42 bits per heavy atom. The molecule has 0 aromatic rings. The minimum atomic E-state index is -0.474. The second-order valence-electron chi connectivity index (χ2n) is 2.78. The summed E-state index contributed by atoms with van der Waals surface area (Å²) in [5.74, 6) is -0.688. The Kier molecular flexibility index (Phi) is 2.47. The lowest BCUT2D eigenvalue weighted by molar-refractivity contribution is -0.140. The fourth-order valence-corrected chi connectivity index (χ4v) is 1.03. The van der Waals surface area contributed by atoms with Crippen LogP contribution in [0.5, 0.6) is 0 Å². The summed E-state index contributed by atoms with van der Waals surface area (Å²) in [7, 11) is 0. The van der Waals surface area contributed by atoms with Crippen LogP contribution < -0.4 is 5.73 Å². The number of rotatable bonds is 2. The Morgan fingerprint density at radius 3 is 2.83 bits per heavy atom. The molecule has 12 heavy (non-hydrogen) atoms. The third kappa shape index (κ3) is 2.08. The van der Waals surface area contributed by atoms with E-state index in [0.29, 0.717) is 18.4 Å². The van der Waals surface area contributed by atoms with Crippen molar-refractivity contribution in [1.29, 1.82) is 0 Å². The minimum Gasteiger partial charge on any atom is -0.458 e. The van der Waals surface area contributed by atoms with Crippen LogP contribution in [0.4, 0.5) is 0 Å². The van der Waals surface area contributed by atoms with Gasteiger partial charge in [0.15, 0.2) is 0 Å². The number of esters is 1. The predicted octanol–water partition coefficient (Wildman–Crippen LogP) is 0.124. The maximum Gasteiger partial charge on any atom is 0.306 e. The summed E-state index contributed by atoms with van der Waals surface area (Å²) < 4.78 is 4.86. The summed E-state index contributed by atoms with van der Waals surface area (Å²) in [6.45, 7) is 1.61. The number of amides is 1. The van der Waals surface area contributed by atoms with Crippen molar-refractivity contribution < 1.29 is 14.3 Å². The summed E-state index contributed by atoms with van der Waals surface area (Å²) >= 11 is 0. The standard InChI is InChI=1S/C8H11NO3/c1-5(8(9)11)4-6-2-3-7(10)12-6/h4,6H,2-3H2,1H3,(H2,9,11)/t6-/m1/s1. The molecule has 0 aromatic heterocycles. The molecule has 0 radical (unpaired) electrons. The monoisotopic (exact) mass is 169 g/mol. The summed E-state index contributed by atoms with van der Waals surface area (Å²) in [6, 6.07) is 0. The van der Waals surface area contributed by atoms with Gasteiger partial charge in [-0.1, -0.05) is 0 Å². The smallest absolute Gasteiger partial charge is 0.306 e. The zero-order chi connectivity index (χ0) is 9.14. The molecule has 0 saturated carbocycles. The number of hydrogen-bond donors (Lipinski definition) is 1. The molecular formula is C8H11NO3. The van der Waals surface area contributed by atoms with Crippen LogP contribution in [0.15, 0.2) is 11.6 Å². The molecule has 1 fully saturated rings. The highest BCUT2D eigenvalue weighted by atomic mass is 16.5. The Bertz CT molecular complexity index is 245. The molecule has 4 heteroatoms. The van der Waals surface area contributed by atoms with Crippen molar-refractivity contribution in [2.75, 3.05) is 0 Å². The lowest BCUT2D eigenvalue weighted by Gasteiger charge is -2.03. The molecule has 1 atom stereocenters. The van der Waals surface area contributed by atoms with E-state index in [-0.39, 0.29) is 12.1 Å². The molecule has 1 amide bonds. The first kappa shape index (κ1) is 8.77. The van der Waals surface area contributed by atoms with E-state index < -0.39 is 5.91 Å². The number of nitrogens with two attached hydrogens (primary N) is 1. The van der Waals surface area contributed by atoms with Gasteiger partial charge in [-0.15, -0.1) is 0 Å². The quantitative estimate of drug-likeness (QED) is 0.471. The van der Waals surface area contributed by atoms with E-state index in [1.807, 2.05) is 0 Å². The van der Waals surface area contributed by atoms with Gasteiger partial charge in [-0.05, 0) is 19.4 Å². The summed E-state index contributed by atoms with van der Waals surface area (Å²) in [4.78, 5) is 21.2. The van der Waals surface area contributed by atoms with Gasteiger partial charge in [0.05, 0.1) is 0 Å². The van der Waals surface area contributed by atoms with E-state index in [1.54, 1.807) is 13.0 Å². The topological polar surface area (TPSA) is 69.4 Å². The van der Waals surface area contributed by atoms with Crippen LogP contribution in [-0.2, 0) is 14.3 Å². The third-order valence-corrected chi connectivity index (χ3v) is 1.74. The molecule has 1 rings (SSSR count). The van der Waals surface area contributed by atoms with Crippen molar-refractivity contribution in [3.8, 4) is 0 Å². The van der Waals surface area contributed by atoms with Gasteiger partial charge in [0.2, 0.25) is 5.91 Å². The number of cyclic esters (lactones) is 1. The van der Waals surface area contributed by atoms with Crippen LogP contribution in [0, 0.1) is 0 Å². The van der Waals surface area contributed by atoms with E-state index in [4.69, 9.17) is 10.5 Å². The van der Waals surface area contributed by atoms with Gasteiger partial charge in [0, 0.05) is 12.0 Å². The Hall–Kier alpha value is -1.32. The first-order valence-corrected chi connectivity index (χ1v) is 3.77. The maximum absolute atomic E-state index is 10.6. The molecule has 1 aliphatic heterocycles. The Morgan fingerprint density at radius 1 is 1.75 bits per heavy atom. The summed E-state index contributed by atoms with van der Waals surface area (Å²) in [5, 5.41) is 0. The van der Waals surface area contributed by atoms with Crippen molar-refractivity contribution in [3.63, 3.8) is 0 Å². The van der Waals surface area contributed by atoms with Crippen LogP contribution in [0.2, 0.25) is 0 Å². The first-order chi connectivity index (χ1) is 5.59. The van der Waals surface area contributed by atoms with Gasteiger partial charge in [-0.3, -0.25) is 9.59 Å². The van der Waals surface area contributed by atoms with E-state index in [2.05, 4.69) is 0 Å². The Balaban J connectivity index is 2.56. The molecule has 0 aromatic carbocycles. The van der Waals surface area contributed by atoms with Gasteiger partial charge >= 0.3 is 5.97 Å². The highest BCUT2D eigenvalue weighted by Crippen LogP contribution is 2.15. The zero-order valence-electron chi connectivity index (χ0n) is 6.87. The highest BCUT2D eigenvalue weighted by molar-refractivity contribution is 5.91. The third-order valence-electron chi connectivity index (χ3n) is 1.74. The second kappa shape index (κ2) is 3.38. The molecule has 1 heterocycles. The number of carbonyl (C=O) groups excluding carboxylic acids is 2. The van der Waals surface area contributed by atoms with Crippen LogP contribution in [0.25, 0.3) is 0 Å². The largest absolute Gasteiger partial charge is 0.458 e.